The fraction of sp³-hybridized carbons (Fsp3) is 0.417. The second-order valence-corrected chi connectivity index (χ2v) is 4.29. The minimum Gasteiger partial charge on any atom is -0.292 e. The highest BCUT2D eigenvalue weighted by molar-refractivity contribution is 5.84. The van der Waals surface area contributed by atoms with Crippen LogP contribution >= 0.6 is 0 Å². The van der Waals surface area contributed by atoms with Crippen molar-refractivity contribution >= 4 is 5.91 Å². The van der Waals surface area contributed by atoms with E-state index in [1.807, 2.05) is 30.3 Å². The van der Waals surface area contributed by atoms with Crippen molar-refractivity contribution in [1.29, 1.82) is 0 Å². The van der Waals surface area contributed by atoms with Gasteiger partial charge in [0.25, 0.3) is 0 Å². The Morgan fingerprint density at radius 2 is 2.06 bits per heavy atom. The van der Waals surface area contributed by atoms with Crippen molar-refractivity contribution in [3.8, 4) is 0 Å². The molecule has 1 amide bonds. The predicted octanol–water partition coefficient (Wildman–Crippen LogP) is 3.24. The van der Waals surface area contributed by atoms with Crippen LogP contribution in [0.2, 0.25) is 0 Å². The molecule has 1 aliphatic rings. The summed E-state index contributed by atoms with van der Waals surface area (Å²) in [5.41, 5.74) is 9.03. The molecule has 1 aromatic carbocycles. The molecule has 0 bridgehead atoms. The maximum atomic E-state index is 11.7. The first-order chi connectivity index (χ1) is 7.77. The van der Waals surface area contributed by atoms with Gasteiger partial charge in [0, 0.05) is 10.3 Å². The average Bonchev–Trinajstić information content (AvgIpc) is 2.25. The third-order valence-electron chi connectivity index (χ3n) is 3.29. The van der Waals surface area contributed by atoms with E-state index in [9.17, 15) is 4.79 Å². The lowest BCUT2D eigenvalue weighted by Gasteiger charge is -2.39. The summed E-state index contributed by atoms with van der Waals surface area (Å²) in [5.74, 6) is -0.301. The van der Waals surface area contributed by atoms with Crippen molar-refractivity contribution in [2.45, 2.75) is 25.7 Å². The summed E-state index contributed by atoms with van der Waals surface area (Å²) >= 11 is 0. The summed E-state index contributed by atoms with van der Waals surface area (Å²) in [6, 6.07) is 9.87. The molecule has 0 saturated heterocycles. The van der Waals surface area contributed by atoms with Gasteiger partial charge in [0.1, 0.15) is 0 Å². The van der Waals surface area contributed by atoms with E-state index in [0.29, 0.717) is 6.42 Å². The number of rotatable bonds is 3. The van der Waals surface area contributed by atoms with Crippen LogP contribution in [0.25, 0.3) is 10.4 Å². The molecule has 1 fully saturated rings. The Bertz CT molecular complexity index is 431. The highest BCUT2D eigenvalue weighted by Gasteiger charge is 2.43. The third-order valence-corrected chi connectivity index (χ3v) is 3.29. The SMILES string of the molecule is [N-]=[N+]=NC(=O)C1(Cc2ccccc2)CCC1. The molecule has 0 N–H and O–H groups in total. The molecule has 1 aromatic rings. The Morgan fingerprint density at radius 3 is 2.56 bits per heavy atom. The standard InChI is InChI=1S/C12H13N3O/c13-15-14-11(16)12(7-4-8-12)9-10-5-2-1-3-6-10/h1-3,5-6H,4,7-9H2. The van der Waals surface area contributed by atoms with Gasteiger partial charge in [-0.05, 0) is 35.5 Å². The summed E-state index contributed by atoms with van der Waals surface area (Å²) in [5, 5.41) is 3.26. The number of carbonyl (C=O) groups is 1. The molecule has 2 rings (SSSR count). The van der Waals surface area contributed by atoms with E-state index in [0.717, 1.165) is 24.8 Å². The van der Waals surface area contributed by atoms with Crippen molar-refractivity contribution in [3.05, 3.63) is 46.3 Å². The van der Waals surface area contributed by atoms with E-state index in [2.05, 4.69) is 10.0 Å². The lowest BCUT2D eigenvalue weighted by atomic mass is 9.65. The molecule has 0 radical (unpaired) electrons. The van der Waals surface area contributed by atoms with Gasteiger partial charge >= 0.3 is 0 Å². The van der Waals surface area contributed by atoms with Crippen LogP contribution in [0.5, 0.6) is 0 Å². The zero-order valence-electron chi connectivity index (χ0n) is 8.97. The van der Waals surface area contributed by atoms with E-state index in [4.69, 9.17) is 5.53 Å². The number of carbonyl (C=O) groups excluding carboxylic acids is 1. The number of nitrogens with zero attached hydrogens (tertiary/aromatic N) is 3. The first-order valence-electron chi connectivity index (χ1n) is 5.40. The first-order valence-corrected chi connectivity index (χ1v) is 5.40. The number of hydrogen-bond donors (Lipinski definition) is 0. The van der Waals surface area contributed by atoms with Crippen molar-refractivity contribution < 1.29 is 4.79 Å². The van der Waals surface area contributed by atoms with E-state index in [1.165, 1.54) is 0 Å². The summed E-state index contributed by atoms with van der Waals surface area (Å²) in [4.78, 5) is 14.3. The zero-order valence-corrected chi connectivity index (χ0v) is 8.97. The molecule has 4 nitrogen and oxygen atoms in total. The number of hydrogen-bond acceptors (Lipinski definition) is 1. The maximum Gasteiger partial charge on any atom is 0.225 e. The lowest BCUT2D eigenvalue weighted by Crippen LogP contribution is -2.38. The molecule has 0 aromatic heterocycles. The van der Waals surface area contributed by atoms with Crippen LogP contribution in [-0.4, -0.2) is 5.91 Å². The van der Waals surface area contributed by atoms with Gasteiger partial charge in [-0.1, -0.05) is 36.8 Å². The Morgan fingerprint density at radius 1 is 1.38 bits per heavy atom. The Kier molecular flexibility index (Phi) is 2.93. The van der Waals surface area contributed by atoms with Crippen LogP contribution < -0.4 is 0 Å². The molecule has 0 spiro atoms. The fourth-order valence-electron chi connectivity index (χ4n) is 2.20. The molecular formula is C12H13N3O. The lowest BCUT2D eigenvalue weighted by molar-refractivity contribution is -0.132. The van der Waals surface area contributed by atoms with E-state index >= 15 is 0 Å². The van der Waals surface area contributed by atoms with Crippen molar-refractivity contribution in [3.63, 3.8) is 0 Å². The summed E-state index contributed by atoms with van der Waals surface area (Å²) in [7, 11) is 0. The van der Waals surface area contributed by atoms with E-state index in [-0.39, 0.29) is 5.91 Å². The summed E-state index contributed by atoms with van der Waals surface area (Å²) < 4.78 is 0. The van der Waals surface area contributed by atoms with E-state index < -0.39 is 5.41 Å². The number of benzene rings is 1. The highest BCUT2D eigenvalue weighted by Crippen LogP contribution is 2.44. The van der Waals surface area contributed by atoms with Crippen LogP contribution in [-0.2, 0) is 11.2 Å². The number of azide groups is 1. The molecule has 16 heavy (non-hydrogen) atoms. The Balaban J connectivity index is 2.17. The predicted molar refractivity (Wildman–Crippen MR) is 60.6 cm³/mol. The van der Waals surface area contributed by atoms with Gasteiger partial charge in [-0.3, -0.25) is 4.79 Å². The average molecular weight is 215 g/mol. The van der Waals surface area contributed by atoms with Gasteiger partial charge in [0.05, 0.1) is 0 Å². The molecule has 4 heteroatoms. The largest absolute Gasteiger partial charge is 0.292 e. The molecule has 0 heterocycles. The van der Waals surface area contributed by atoms with Crippen LogP contribution in [0.3, 0.4) is 0 Å². The van der Waals surface area contributed by atoms with Gasteiger partial charge in [-0.25, -0.2) is 0 Å². The normalized spacial score (nSPS) is 17.0. The monoisotopic (exact) mass is 215 g/mol. The van der Waals surface area contributed by atoms with Crippen LogP contribution in [0.1, 0.15) is 24.8 Å². The number of amides is 1. The second-order valence-electron chi connectivity index (χ2n) is 4.29. The highest BCUT2D eigenvalue weighted by atomic mass is 16.2. The molecule has 82 valence electrons. The third kappa shape index (κ3) is 1.92. The maximum absolute atomic E-state index is 11.7. The molecular weight excluding hydrogens is 202 g/mol. The quantitative estimate of drug-likeness (QED) is 0.433. The fourth-order valence-corrected chi connectivity index (χ4v) is 2.20. The minimum atomic E-state index is -0.423. The first kappa shape index (κ1) is 10.7. The molecule has 0 aliphatic heterocycles. The van der Waals surface area contributed by atoms with Crippen LogP contribution in [0.4, 0.5) is 0 Å². The van der Waals surface area contributed by atoms with Gasteiger partial charge in [0.15, 0.2) is 0 Å². The van der Waals surface area contributed by atoms with Gasteiger partial charge in [-0.2, -0.15) is 0 Å². The molecule has 1 saturated carbocycles. The minimum absolute atomic E-state index is 0.301. The van der Waals surface area contributed by atoms with E-state index in [1.54, 1.807) is 0 Å². The topological polar surface area (TPSA) is 65.8 Å². The molecule has 1 aliphatic carbocycles. The second kappa shape index (κ2) is 4.37. The van der Waals surface area contributed by atoms with Gasteiger partial charge < -0.3 is 0 Å². The van der Waals surface area contributed by atoms with Crippen LogP contribution in [0, 0.1) is 5.41 Å². The Labute approximate surface area is 93.9 Å². The molecule has 0 atom stereocenters. The van der Waals surface area contributed by atoms with Crippen LogP contribution in [0.15, 0.2) is 35.4 Å². The van der Waals surface area contributed by atoms with Crippen molar-refractivity contribution in [1.82, 2.24) is 0 Å². The van der Waals surface area contributed by atoms with Gasteiger partial charge in [-0.15, -0.1) is 0 Å². The smallest absolute Gasteiger partial charge is 0.225 e. The van der Waals surface area contributed by atoms with Gasteiger partial charge in [0.2, 0.25) is 5.91 Å². The summed E-state index contributed by atoms with van der Waals surface area (Å²) in [6.07, 6.45) is 3.39. The Hall–Kier alpha value is -1.80. The van der Waals surface area contributed by atoms with Crippen molar-refractivity contribution in [2.24, 2.45) is 10.5 Å². The van der Waals surface area contributed by atoms with Crippen molar-refractivity contribution in [2.75, 3.05) is 0 Å². The summed E-state index contributed by atoms with van der Waals surface area (Å²) in [6.45, 7) is 0. The zero-order chi connectivity index (χ0) is 11.4. The molecule has 0 unspecified atom stereocenters.